The molecular weight excluding hydrogens is 584 g/mol. The molecule has 0 aromatic rings. The van der Waals surface area contributed by atoms with Crippen LogP contribution in [0.15, 0.2) is 12.2 Å². The Kier molecular flexibility index (Phi) is 38.0. The topological polar surface area (TPSA) is 72.8 Å². The third-order valence-corrected chi connectivity index (χ3v) is 9.31. The molecule has 0 amide bonds. The van der Waals surface area contributed by atoms with Crippen molar-refractivity contribution in [2.24, 2.45) is 0 Å². The van der Waals surface area contributed by atoms with E-state index in [-0.39, 0.29) is 25.2 Å². The van der Waals surface area contributed by atoms with Gasteiger partial charge in [-0.25, -0.2) is 0 Å². The monoisotopic (exact) mass is 665 g/mol. The SMILES string of the molecule is CCCCCCCCC=CCCCCCCCCCCCCCC(=O)O[C@@H](CO)COC(=O)CCCCCCCCCCCCCC. The molecule has 278 valence electrons. The maximum absolute atomic E-state index is 12.2. The number of allylic oxidation sites excluding steroid dienone is 2. The smallest absolute Gasteiger partial charge is 0.306 e. The molecule has 0 radical (unpaired) electrons. The van der Waals surface area contributed by atoms with E-state index in [0.29, 0.717) is 12.8 Å². The van der Waals surface area contributed by atoms with Gasteiger partial charge in [0.25, 0.3) is 0 Å². The standard InChI is InChI=1S/C42H80O5/c1-3-5-7-9-11-13-15-17-18-19-20-21-22-23-24-25-27-29-31-33-35-37-42(45)47-40(38-43)39-46-41(44)36-34-32-30-28-26-16-14-12-10-8-6-4-2/h17-18,40,43H,3-16,19-39H2,1-2H3/t40-/m0/s1. The molecule has 5 nitrogen and oxygen atoms in total. The molecule has 0 saturated heterocycles. The van der Waals surface area contributed by atoms with E-state index in [1.165, 1.54) is 161 Å². The Morgan fingerprint density at radius 2 is 0.787 bits per heavy atom. The zero-order chi connectivity index (χ0) is 34.3. The van der Waals surface area contributed by atoms with Crippen molar-refractivity contribution in [3.8, 4) is 0 Å². The highest BCUT2D eigenvalue weighted by Gasteiger charge is 2.16. The second-order valence-electron chi connectivity index (χ2n) is 14.1. The van der Waals surface area contributed by atoms with Crippen LogP contribution in [0.1, 0.15) is 226 Å². The van der Waals surface area contributed by atoms with Crippen molar-refractivity contribution in [2.75, 3.05) is 13.2 Å². The predicted octanol–water partition coefficient (Wildman–Crippen LogP) is 12.9. The number of esters is 2. The zero-order valence-corrected chi connectivity index (χ0v) is 31.6. The van der Waals surface area contributed by atoms with Crippen molar-refractivity contribution in [1.29, 1.82) is 0 Å². The van der Waals surface area contributed by atoms with Crippen LogP contribution in [-0.2, 0) is 19.1 Å². The molecular formula is C42H80O5. The quantitative estimate of drug-likeness (QED) is 0.0404. The molecule has 0 fully saturated rings. The zero-order valence-electron chi connectivity index (χ0n) is 31.6. The lowest BCUT2D eigenvalue weighted by Crippen LogP contribution is -2.28. The van der Waals surface area contributed by atoms with Crippen LogP contribution in [0.3, 0.4) is 0 Å². The van der Waals surface area contributed by atoms with Crippen LogP contribution >= 0.6 is 0 Å². The van der Waals surface area contributed by atoms with E-state index in [9.17, 15) is 14.7 Å². The number of hydrogen-bond acceptors (Lipinski definition) is 5. The summed E-state index contributed by atoms with van der Waals surface area (Å²) in [6.45, 7) is 4.15. The van der Waals surface area contributed by atoms with Gasteiger partial charge in [-0.15, -0.1) is 0 Å². The minimum atomic E-state index is -0.764. The van der Waals surface area contributed by atoms with Crippen molar-refractivity contribution in [2.45, 2.75) is 232 Å². The molecule has 1 atom stereocenters. The van der Waals surface area contributed by atoms with Crippen molar-refractivity contribution >= 4 is 11.9 Å². The Labute approximate surface area is 292 Å². The van der Waals surface area contributed by atoms with Crippen LogP contribution in [0, 0.1) is 0 Å². The predicted molar refractivity (Wildman–Crippen MR) is 201 cm³/mol. The van der Waals surface area contributed by atoms with Gasteiger partial charge in [0.05, 0.1) is 6.61 Å². The van der Waals surface area contributed by atoms with Crippen LogP contribution in [0.2, 0.25) is 0 Å². The first-order chi connectivity index (χ1) is 23.1. The highest BCUT2D eigenvalue weighted by molar-refractivity contribution is 5.70. The number of rotatable bonds is 38. The summed E-state index contributed by atoms with van der Waals surface area (Å²) in [7, 11) is 0. The van der Waals surface area contributed by atoms with Gasteiger partial charge in [0.15, 0.2) is 6.10 Å². The molecule has 0 spiro atoms. The van der Waals surface area contributed by atoms with Crippen LogP contribution in [0.5, 0.6) is 0 Å². The number of hydrogen-bond donors (Lipinski definition) is 1. The van der Waals surface area contributed by atoms with E-state index in [1.54, 1.807) is 0 Å². The average molecular weight is 665 g/mol. The molecule has 0 aliphatic rings. The lowest BCUT2D eigenvalue weighted by molar-refractivity contribution is -0.161. The summed E-state index contributed by atoms with van der Waals surface area (Å²) in [5.41, 5.74) is 0. The summed E-state index contributed by atoms with van der Waals surface area (Å²) in [6.07, 6.45) is 44.2. The minimum absolute atomic E-state index is 0.0598. The van der Waals surface area contributed by atoms with Gasteiger partial charge >= 0.3 is 11.9 Å². The van der Waals surface area contributed by atoms with E-state index < -0.39 is 6.10 Å². The summed E-state index contributed by atoms with van der Waals surface area (Å²) in [5.74, 6) is -0.581. The van der Waals surface area contributed by atoms with Gasteiger partial charge < -0.3 is 14.6 Å². The third-order valence-electron chi connectivity index (χ3n) is 9.31. The fourth-order valence-electron chi connectivity index (χ4n) is 6.14. The first-order valence-corrected chi connectivity index (χ1v) is 20.7. The molecule has 0 aliphatic heterocycles. The lowest BCUT2D eigenvalue weighted by Gasteiger charge is -2.15. The molecule has 0 unspecified atom stereocenters. The van der Waals surface area contributed by atoms with Crippen molar-refractivity contribution in [3.05, 3.63) is 12.2 Å². The van der Waals surface area contributed by atoms with E-state index >= 15 is 0 Å². The molecule has 0 heterocycles. The number of unbranched alkanes of at least 4 members (excludes halogenated alkanes) is 28. The van der Waals surface area contributed by atoms with Crippen molar-refractivity contribution in [3.63, 3.8) is 0 Å². The fourth-order valence-corrected chi connectivity index (χ4v) is 6.14. The van der Waals surface area contributed by atoms with Crippen LogP contribution < -0.4 is 0 Å². The first kappa shape index (κ1) is 45.6. The molecule has 5 heteroatoms. The van der Waals surface area contributed by atoms with Gasteiger partial charge in [-0.3, -0.25) is 9.59 Å². The molecule has 0 aromatic carbocycles. The minimum Gasteiger partial charge on any atom is -0.462 e. The third kappa shape index (κ3) is 37.3. The summed E-state index contributed by atoms with van der Waals surface area (Å²) < 4.78 is 10.6. The van der Waals surface area contributed by atoms with Crippen molar-refractivity contribution < 1.29 is 24.2 Å². The maximum Gasteiger partial charge on any atom is 0.306 e. The van der Waals surface area contributed by atoms with E-state index in [2.05, 4.69) is 26.0 Å². The maximum atomic E-state index is 12.2. The number of ether oxygens (including phenoxy) is 2. The highest BCUT2D eigenvalue weighted by atomic mass is 16.6. The summed E-state index contributed by atoms with van der Waals surface area (Å²) in [5, 5.41) is 9.55. The Bertz CT molecular complexity index is 676. The second kappa shape index (κ2) is 39.1. The Morgan fingerprint density at radius 1 is 0.468 bits per heavy atom. The first-order valence-electron chi connectivity index (χ1n) is 20.7. The molecule has 0 bridgehead atoms. The average Bonchev–Trinajstić information content (AvgIpc) is 3.07. The number of aliphatic hydroxyl groups excluding tert-OH is 1. The summed E-state index contributed by atoms with van der Waals surface area (Å²) in [4.78, 5) is 24.2. The highest BCUT2D eigenvalue weighted by Crippen LogP contribution is 2.15. The number of carbonyl (C=O) groups is 2. The molecule has 0 aliphatic carbocycles. The van der Waals surface area contributed by atoms with E-state index in [1.807, 2.05) is 0 Å². The normalized spacial score (nSPS) is 12.1. The lowest BCUT2D eigenvalue weighted by atomic mass is 10.0. The van der Waals surface area contributed by atoms with E-state index in [0.717, 1.165) is 38.5 Å². The summed E-state index contributed by atoms with van der Waals surface area (Å²) in [6, 6.07) is 0. The fraction of sp³-hybridized carbons (Fsp3) is 0.905. The Hall–Kier alpha value is -1.36. The van der Waals surface area contributed by atoms with Crippen LogP contribution in [0.4, 0.5) is 0 Å². The molecule has 0 rings (SSSR count). The molecule has 0 aromatic heterocycles. The molecule has 47 heavy (non-hydrogen) atoms. The van der Waals surface area contributed by atoms with Gasteiger partial charge in [0.2, 0.25) is 0 Å². The number of aliphatic hydroxyl groups is 1. The van der Waals surface area contributed by atoms with Gasteiger partial charge in [-0.2, -0.15) is 0 Å². The van der Waals surface area contributed by atoms with Gasteiger partial charge in [-0.1, -0.05) is 187 Å². The van der Waals surface area contributed by atoms with Gasteiger partial charge in [0.1, 0.15) is 6.61 Å². The number of carbonyl (C=O) groups excluding carboxylic acids is 2. The molecule has 1 N–H and O–H groups in total. The van der Waals surface area contributed by atoms with Crippen LogP contribution in [-0.4, -0.2) is 36.4 Å². The second-order valence-corrected chi connectivity index (χ2v) is 14.1. The van der Waals surface area contributed by atoms with Crippen LogP contribution in [0.25, 0.3) is 0 Å². The van der Waals surface area contributed by atoms with Gasteiger partial charge in [0, 0.05) is 12.8 Å². The van der Waals surface area contributed by atoms with Crippen molar-refractivity contribution in [1.82, 2.24) is 0 Å². The Balaban J connectivity index is 3.48. The largest absolute Gasteiger partial charge is 0.462 e. The van der Waals surface area contributed by atoms with E-state index in [4.69, 9.17) is 9.47 Å². The molecule has 0 saturated carbocycles. The Morgan fingerprint density at radius 3 is 1.15 bits per heavy atom. The van der Waals surface area contributed by atoms with Gasteiger partial charge in [-0.05, 0) is 38.5 Å². The summed E-state index contributed by atoms with van der Waals surface area (Å²) >= 11 is 0.